The van der Waals surface area contributed by atoms with Gasteiger partial charge in [-0.2, -0.15) is 0 Å². The van der Waals surface area contributed by atoms with Crippen molar-refractivity contribution in [1.29, 1.82) is 0 Å². The zero-order valence-corrected chi connectivity index (χ0v) is 24.0. The Labute approximate surface area is 233 Å². The summed E-state index contributed by atoms with van der Waals surface area (Å²) in [6.07, 6.45) is 0. The first-order valence-corrected chi connectivity index (χ1v) is 15.4. The number of hydrogen-bond acceptors (Lipinski definition) is 6. The lowest BCUT2D eigenvalue weighted by Crippen LogP contribution is -2.41. The molecule has 0 atom stereocenters. The molecule has 10 heteroatoms. The maximum atomic E-state index is 13.3. The van der Waals surface area contributed by atoms with Gasteiger partial charge in [0.1, 0.15) is 5.69 Å². The van der Waals surface area contributed by atoms with Crippen molar-refractivity contribution < 1.29 is 17.9 Å². The third-order valence-corrected chi connectivity index (χ3v) is 9.18. The van der Waals surface area contributed by atoms with Crippen molar-refractivity contribution in [2.75, 3.05) is 44.1 Å². The van der Waals surface area contributed by atoms with Crippen LogP contribution in [0.15, 0.2) is 64.9 Å². The van der Waals surface area contributed by atoms with Gasteiger partial charge < -0.3 is 15.0 Å². The van der Waals surface area contributed by atoms with Crippen molar-refractivity contribution in [2.24, 2.45) is 0 Å². The standard InChI is InChI=1S/C29H34N4O4S2/c1-29(2,3)20-6-9-22(10-7-20)39(35,36)32-21-8-11-24-23(19-21)26(25-5-4-18-38-25)27(31-24)28(34)30-12-13-33-14-16-37-17-15-33/h4-11,18-19,31-32H,12-17H2,1-3H3,(H,30,34). The van der Waals surface area contributed by atoms with E-state index in [4.69, 9.17) is 4.74 Å². The number of nitrogens with one attached hydrogen (secondary N) is 3. The van der Waals surface area contributed by atoms with E-state index in [1.807, 2.05) is 29.6 Å². The van der Waals surface area contributed by atoms with Crippen LogP contribution in [-0.2, 0) is 20.2 Å². The molecule has 1 aliphatic heterocycles. The number of anilines is 1. The number of carbonyl (C=O) groups is 1. The van der Waals surface area contributed by atoms with Crippen LogP contribution in [-0.4, -0.2) is 63.6 Å². The van der Waals surface area contributed by atoms with Crippen LogP contribution in [0.2, 0.25) is 0 Å². The first-order chi connectivity index (χ1) is 18.6. The minimum absolute atomic E-state index is 0.0697. The highest BCUT2D eigenvalue weighted by atomic mass is 32.2. The van der Waals surface area contributed by atoms with Crippen LogP contribution in [0.3, 0.4) is 0 Å². The monoisotopic (exact) mass is 566 g/mol. The Hall–Kier alpha value is -3.18. The van der Waals surface area contributed by atoms with E-state index in [1.54, 1.807) is 30.3 Å². The topological polar surface area (TPSA) is 104 Å². The van der Waals surface area contributed by atoms with Gasteiger partial charge >= 0.3 is 0 Å². The SMILES string of the molecule is CC(C)(C)c1ccc(S(=O)(=O)Nc2ccc3[nH]c(C(=O)NCCN4CCOCC4)c(-c4cccs4)c3c2)cc1. The molecule has 206 valence electrons. The molecule has 1 aliphatic rings. The number of aromatic amines is 1. The number of rotatable bonds is 8. The van der Waals surface area contributed by atoms with Gasteiger partial charge in [0.15, 0.2) is 0 Å². The number of sulfonamides is 1. The van der Waals surface area contributed by atoms with Gasteiger partial charge in [0.25, 0.3) is 15.9 Å². The predicted octanol–water partition coefficient (Wildman–Crippen LogP) is 5.06. The molecule has 3 N–H and O–H groups in total. The van der Waals surface area contributed by atoms with Crippen molar-refractivity contribution in [3.8, 4) is 10.4 Å². The zero-order chi connectivity index (χ0) is 27.6. The molecule has 0 radical (unpaired) electrons. The molecule has 0 aliphatic carbocycles. The molecule has 8 nitrogen and oxygen atoms in total. The number of thiophene rings is 1. The number of nitrogens with zero attached hydrogens (tertiary/aromatic N) is 1. The van der Waals surface area contributed by atoms with Gasteiger partial charge in [0, 0.05) is 53.2 Å². The Morgan fingerprint density at radius 2 is 1.82 bits per heavy atom. The molecule has 2 aromatic carbocycles. The highest BCUT2D eigenvalue weighted by Crippen LogP contribution is 2.37. The van der Waals surface area contributed by atoms with E-state index in [0.29, 0.717) is 31.1 Å². The second-order valence-electron chi connectivity index (χ2n) is 10.7. The summed E-state index contributed by atoms with van der Waals surface area (Å²) in [6, 6.07) is 16.2. The maximum absolute atomic E-state index is 13.3. The van der Waals surface area contributed by atoms with Crippen LogP contribution in [0, 0.1) is 0 Å². The number of fused-ring (bicyclic) bond motifs is 1. The Bertz CT molecular complexity index is 1550. The number of hydrogen-bond donors (Lipinski definition) is 3. The van der Waals surface area contributed by atoms with Gasteiger partial charge in [-0.15, -0.1) is 11.3 Å². The summed E-state index contributed by atoms with van der Waals surface area (Å²) in [5.41, 5.74) is 3.41. The van der Waals surface area contributed by atoms with Gasteiger partial charge in [-0.05, 0) is 52.8 Å². The summed E-state index contributed by atoms with van der Waals surface area (Å²) < 4.78 is 34.5. The van der Waals surface area contributed by atoms with E-state index >= 15 is 0 Å². The molecule has 1 amide bonds. The van der Waals surface area contributed by atoms with Gasteiger partial charge in [-0.3, -0.25) is 14.4 Å². The van der Waals surface area contributed by atoms with Crippen molar-refractivity contribution >= 4 is 43.9 Å². The molecule has 0 spiro atoms. The van der Waals surface area contributed by atoms with E-state index in [1.165, 1.54) is 11.3 Å². The molecular weight excluding hydrogens is 532 g/mol. The summed E-state index contributed by atoms with van der Waals surface area (Å²) in [5, 5.41) is 5.78. The Kier molecular flexibility index (Phi) is 7.82. The number of benzene rings is 2. The summed E-state index contributed by atoms with van der Waals surface area (Å²) in [4.78, 5) is 19.9. The molecule has 0 bridgehead atoms. The minimum Gasteiger partial charge on any atom is -0.379 e. The van der Waals surface area contributed by atoms with Crippen LogP contribution in [0.5, 0.6) is 0 Å². The number of morpholine rings is 1. The van der Waals surface area contributed by atoms with Crippen molar-refractivity contribution in [2.45, 2.75) is 31.1 Å². The minimum atomic E-state index is -3.79. The van der Waals surface area contributed by atoms with Crippen LogP contribution < -0.4 is 10.0 Å². The first kappa shape index (κ1) is 27.4. The lowest BCUT2D eigenvalue weighted by Gasteiger charge is -2.26. The number of aromatic nitrogens is 1. The Morgan fingerprint density at radius 3 is 2.49 bits per heavy atom. The average Bonchev–Trinajstić information content (AvgIpc) is 3.56. The van der Waals surface area contributed by atoms with E-state index in [0.717, 1.165) is 46.5 Å². The molecule has 1 fully saturated rings. The Balaban J connectivity index is 1.40. The molecule has 39 heavy (non-hydrogen) atoms. The quantitative estimate of drug-likeness (QED) is 0.277. The molecule has 4 aromatic rings. The van der Waals surface area contributed by atoms with Gasteiger partial charge in [-0.25, -0.2) is 8.42 Å². The first-order valence-electron chi connectivity index (χ1n) is 13.0. The fourth-order valence-corrected chi connectivity index (χ4v) is 6.53. The molecule has 1 saturated heterocycles. The molecular formula is C29H34N4O4S2. The van der Waals surface area contributed by atoms with Gasteiger partial charge in [0.05, 0.1) is 18.1 Å². The van der Waals surface area contributed by atoms with Crippen LogP contribution >= 0.6 is 11.3 Å². The average molecular weight is 567 g/mol. The summed E-state index contributed by atoms with van der Waals surface area (Å²) in [6.45, 7) is 10.7. The molecule has 5 rings (SSSR count). The Morgan fingerprint density at radius 1 is 1.08 bits per heavy atom. The number of carbonyl (C=O) groups excluding carboxylic acids is 1. The van der Waals surface area contributed by atoms with Crippen LogP contribution in [0.4, 0.5) is 5.69 Å². The third kappa shape index (κ3) is 6.19. The lowest BCUT2D eigenvalue weighted by atomic mass is 9.87. The highest BCUT2D eigenvalue weighted by molar-refractivity contribution is 7.92. The fourth-order valence-electron chi connectivity index (χ4n) is 4.69. The third-order valence-electron chi connectivity index (χ3n) is 6.89. The van der Waals surface area contributed by atoms with E-state index in [2.05, 4.69) is 40.7 Å². The van der Waals surface area contributed by atoms with Crippen LogP contribution in [0.25, 0.3) is 21.3 Å². The summed E-state index contributed by atoms with van der Waals surface area (Å²) in [5.74, 6) is -0.191. The lowest BCUT2D eigenvalue weighted by molar-refractivity contribution is 0.0383. The summed E-state index contributed by atoms with van der Waals surface area (Å²) >= 11 is 1.53. The maximum Gasteiger partial charge on any atom is 0.268 e. The molecule has 3 heterocycles. The van der Waals surface area contributed by atoms with Gasteiger partial charge in [0.2, 0.25) is 0 Å². The van der Waals surface area contributed by atoms with E-state index in [-0.39, 0.29) is 16.2 Å². The highest BCUT2D eigenvalue weighted by Gasteiger charge is 2.22. The largest absolute Gasteiger partial charge is 0.379 e. The van der Waals surface area contributed by atoms with Crippen LogP contribution in [0.1, 0.15) is 36.8 Å². The zero-order valence-electron chi connectivity index (χ0n) is 22.4. The second-order valence-corrected chi connectivity index (χ2v) is 13.3. The molecule has 2 aromatic heterocycles. The second kappa shape index (κ2) is 11.1. The van der Waals surface area contributed by atoms with Crippen molar-refractivity contribution in [3.05, 3.63) is 71.2 Å². The van der Waals surface area contributed by atoms with Crippen molar-refractivity contribution in [1.82, 2.24) is 15.2 Å². The fraction of sp³-hybridized carbons (Fsp3) is 0.345. The number of H-pyrrole nitrogens is 1. The number of amides is 1. The smallest absolute Gasteiger partial charge is 0.268 e. The van der Waals surface area contributed by atoms with E-state index in [9.17, 15) is 13.2 Å². The number of ether oxygens (including phenoxy) is 1. The van der Waals surface area contributed by atoms with Gasteiger partial charge in [-0.1, -0.05) is 39.0 Å². The molecule has 0 unspecified atom stereocenters. The normalized spacial score (nSPS) is 14.9. The molecule has 0 saturated carbocycles. The van der Waals surface area contributed by atoms with Crippen molar-refractivity contribution in [3.63, 3.8) is 0 Å². The summed E-state index contributed by atoms with van der Waals surface area (Å²) in [7, 11) is -3.79. The predicted molar refractivity (Wildman–Crippen MR) is 157 cm³/mol. The van der Waals surface area contributed by atoms with E-state index < -0.39 is 10.0 Å².